The van der Waals surface area contributed by atoms with Gasteiger partial charge < -0.3 is 12.7 Å². The van der Waals surface area contributed by atoms with Crippen molar-refractivity contribution >= 4 is 11.9 Å². The Hall–Kier alpha value is 0.680. The summed E-state index contributed by atoms with van der Waals surface area (Å²) in [5, 5.41) is 8.40. The minimum atomic E-state index is -0.982. The third-order valence-electron chi connectivity index (χ3n) is 3.06. The Balaban J connectivity index is -0.000000301. The van der Waals surface area contributed by atoms with Gasteiger partial charge in [0.1, 0.15) is 0 Å². The van der Waals surface area contributed by atoms with Crippen LogP contribution in [0.15, 0.2) is 12.3 Å². The first-order valence-electron chi connectivity index (χ1n) is 7.73. The van der Waals surface area contributed by atoms with Gasteiger partial charge in [0.15, 0.2) is 0 Å². The Morgan fingerprint density at radius 1 is 0.955 bits per heavy atom. The van der Waals surface area contributed by atoms with Crippen LogP contribution in [0, 0.1) is 0 Å². The Morgan fingerprint density at radius 3 is 2.05 bits per heavy atom. The van der Waals surface area contributed by atoms with Crippen molar-refractivity contribution in [3.8, 4) is 0 Å². The molecule has 0 fully saturated rings. The van der Waals surface area contributed by atoms with Crippen LogP contribution in [0.3, 0.4) is 0 Å². The number of rotatable bonds is 13. The van der Waals surface area contributed by atoms with Crippen LogP contribution in [0.2, 0.25) is 0 Å². The number of carboxylic acids is 1. The standard InChI is InChI=1S/C16H28O4.2Na.2H/c1-2-3-4-5-6-7-8-9-10-11-14-20-16(19)13-12-15(17)18;;;;/h11,14H,2-10,12-13H2,1H3,(H,17,18);;;;/q;2*+1;2*-1/b14-11+;;;;. The Morgan fingerprint density at radius 2 is 1.50 bits per heavy atom. The molecule has 0 aromatic heterocycles. The molecule has 0 rings (SSSR count). The summed E-state index contributed by atoms with van der Waals surface area (Å²) in [6, 6.07) is 0. The first kappa shape index (κ1) is 27.5. The molecule has 0 bridgehead atoms. The summed E-state index contributed by atoms with van der Waals surface area (Å²) in [4.78, 5) is 21.3. The predicted molar refractivity (Wildman–Crippen MR) is 81.6 cm³/mol. The van der Waals surface area contributed by atoms with Crippen LogP contribution >= 0.6 is 0 Å². The second kappa shape index (κ2) is 21.7. The SMILES string of the molecule is CCCCCCCCCC/C=C/OC(=O)CCC(=O)O.[H-].[H-].[Na+].[Na+]. The quantitative estimate of drug-likeness (QED) is 0.197. The zero-order valence-electron chi connectivity index (χ0n) is 16.6. The van der Waals surface area contributed by atoms with Gasteiger partial charge in [-0.2, -0.15) is 0 Å². The summed E-state index contributed by atoms with van der Waals surface area (Å²) < 4.78 is 4.78. The van der Waals surface area contributed by atoms with Gasteiger partial charge in [0, 0.05) is 0 Å². The summed E-state index contributed by atoms with van der Waals surface area (Å²) in [5.74, 6) is -1.47. The second-order valence-electron chi connectivity index (χ2n) is 5.02. The fraction of sp³-hybridized carbons (Fsp3) is 0.750. The van der Waals surface area contributed by atoms with Crippen LogP contribution in [0.5, 0.6) is 0 Å². The van der Waals surface area contributed by atoms with Crippen molar-refractivity contribution < 1.29 is 81.4 Å². The third-order valence-corrected chi connectivity index (χ3v) is 3.06. The molecular formula is C16H30Na2O4. The van der Waals surface area contributed by atoms with E-state index in [1.165, 1.54) is 51.2 Å². The van der Waals surface area contributed by atoms with E-state index in [0.29, 0.717) is 0 Å². The minimum Gasteiger partial charge on any atom is -1.00 e. The van der Waals surface area contributed by atoms with Crippen molar-refractivity contribution in [3.63, 3.8) is 0 Å². The Labute approximate surface area is 182 Å². The summed E-state index contributed by atoms with van der Waals surface area (Å²) in [5.41, 5.74) is 0. The smallest absolute Gasteiger partial charge is 1.00 e. The minimum absolute atomic E-state index is 0. The van der Waals surface area contributed by atoms with E-state index in [1.807, 2.05) is 6.08 Å². The summed E-state index contributed by atoms with van der Waals surface area (Å²) in [6.07, 6.45) is 14.1. The molecule has 22 heavy (non-hydrogen) atoms. The first-order chi connectivity index (χ1) is 9.66. The van der Waals surface area contributed by atoms with Gasteiger partial charge in [0.25, 0.3) is 0 Å². The first-order valence-corrected chi connectivity index (χ1v) is 7.73. The molecule has 0 aliphatic carbocycles. The van der Waals surface area contributed by atoms with E-state index in [-0.39, 0.29) is 74.8 Å². The van der Waals surface area contributed by atoms with Crippen LogP contribution < -0.4 is 59.1 Å². The number of hydrogen-bond acceptors (Lipinski definition) is 3. The maximum Gasteiger partial charge on any atom is 1.00 e. The van der Waals surface area contributed by atoms with E-state index in [4.69, 9.17) is 9.84 Å². The van der Waals surface area contributed by atoms with Crippen LogP contribution in [0.4, 0.5) is 0 Å². The molecule has 0 spiro atoms. The van der Waals surface area contributed by atoms with Gasteiger partial charge >= 0.3 is 71.1 Å². The monoisotopic (exact) mass is 332 g/mol. The molecule has 0 atom stereocenters. The van der Waals surface area contributed by atoms with Crippen molar-refractivity contribution in [2.75, 3.05) is 0 Å². The number of allylic oxidation sites excluding steroid dienone is 1. The normalized spacial score (nSPS) is 9.86. The van der Waals surface area contributed by atoms with Crippen LogP contribution in [0.1, 0.15) is 80.4 Å². The molecule has 0 saturated carbocycles. The summed E-state index contributed by atoms with van der Waals surface area (Å²) in [7, 11) is 0. The number of carbonyl (C=O) groups excluding carboxylic acids is 1. The fourth-order valence-corrected chi connectivity index (χ4v) is 1.86. The van der Waals surface area contributed by atoms with Gasteiger partial charge in [-0.05, 0) is 18.9 Å². The number of aliphatic carboxylic acids is 1. The molecule has 0 radical (unpaired) electrons. The van der Waals surface area contributed by atoms with Gasteiger partial charge in [0.05, 0.1) is 19.1 Å². The van der Waals surface area contributed by atoms with Crippen LogP contribution in [-0.4, -0.2) is 17.0 Å². The molecule has 0 aromatic rings. The van der Waals surface area contributed by atoms with Crippen molar-refractivity contribution in [2.45, 2.75) is 77.6 Å². The number of ether oxygens (including phenoxy) is 1. The second-order valence-corrected chi connectivity index (χ2v) is 5.02. The van der Waals surface area contributed by atoms with Gasteiger partial charge in [-0.1, -0.05) is 51.9 Å². The third kappa shape index (κ3) is 23.0. The average molecular weight is 332 g/mol. The van der Waals surface area contributed by atoms with Crippen LogP contribution in [0.25, 0.3) is 0 Å². The number of carbonyl (C=O) groups is 2. The van der Waals surface area contributed by atoms with E-state index >= 15 is 0 Å². The Bertz CT molecular complexity index is 304. The maximum atomic E-state index is 11.1. The molecule has 0 heterocycles. The fourth-order valence-electron chi connectivity index (χ4n) is 1.86. The molecule has 1 N–H and O–H groups in total. The van der Waals surface area contributed by atoms with Gasteiger partial charge in [0.2, 0.25) is 0 Å². The Kier molecular flexibility index (Phi) is 27.1. The van der Waals surface area contributed by atoms with E-state index < -0.39 is 11.9 Å². The molecule has 0 unspecified atom stereocenters. The average Bonchev–Trinajstić information content (AvgIpc) is 2.42. The van der Waals surface area contributed by atoms with Gasteiger partial charge in [-0.3, -0.25) is 9.59 Å². The zero-order valence-corrected chi connectivity index (χ0v) is 18.6. The summed E-state index contributed by atoms with van der Waals surface area (Å²) >= 11 is 0. The molecule has 4 nitrogen and oxygen atoms in total. The van der Waals surface area contributed by atoms with Gasteiger partial charge in [-0.15, -0.1) is 0 Å². The summed E-state index contributed by atoms with van der Waals surface area (Å²) in [6.45, 7) is 2.22. The molecule has 6 heteroatoms. The maximum absolute atomic E-state index is 11.1. The molecule has 0 aromatic carbocycles. The molecular weight excluding hydrogens is 302 g/mol. The van der Waals surface area contributed by atoms with Crippen molar-refractivity contribution in [1.29, 1.82) is 0 Å². The molecule has 120 valence electrons. The number of carboxylic acid groups (broad SMARTS) is 1. The molecule has 0 amide bonds. The van der Waals surface area contributed by atoms with Crippen molar-refractivity contribution in [3.05, 3.63) is 12.3 Å². The topological polar surface area (TPSA) is 63.6 Å². The predicted octanol–water partition coefficient (Wildman–Crippen LogP) is -1.33. The molecule has 0 saturated heterocycles. The molecule has 0 aliphatic heterocycles. The van der Waals surface area contributed by atoms with E-state index in [1.54, 1.807) is 0 Å². The van der Waals surface area contributed by atoms with Gasteiger partial charge in [-0.25, -0.2) is 0 Å². The zero-order chi connectivity index (χ0) is 15.1. The van der Waals surface area contributed by atoms with E-state index in [2.05, 4.69) is 6.92 Å². The largest absolute Gasteiger partial charge is 1.00 e. The van der Waals surface area contributed by atoms with Crippen molar-refractivity contribution in [2.24, 2.45) is 0 Å². The molecule has 0 aliphatic rings. The van der Waals surface area contributed by atoms with Crippen molar-refractivity contribution in [1.82, 2.24) is 0 Å². The number of hydrogen-bond donors (Lipinski definition) is 1. The number of unbranched alkanes of at least 4 members (excludes halogenated alkanes) is 8. The number of esters is 1. The van der Waals surface area contributed by atoms with E-state index in [9.17, 15) is 9.59 Å². The van der Waals surface area contributed by atoms with E-state index in [0.717, 1.165) is 12.8 Å². The van der Waals surface area contributed by atoms with Crippen LogP contribution in [-0.2, 0) is 14.3 Å².